The summed E-state index contributed by atoms with van der Waals surface area (Å²) in [5.74, 6) is -0.405. The number of nitrogens with one attached hydrogen (secondary N) is 2. The molecular formula is C12H17N3O3. The molecule has 0 saturated carbocycles. The molecule has 0 spiro atoms. The summed E-state index contributed by atoms with van der Waals surface area (Å²) in [5.41, 5.74) is -0.611. The number of pyridine rings is 1. The highest BCUT2D eigenvalue weighted by Gasteiger charge is 2.29. The summed E-state index contributed by atoms with van der Waals surface area (Å²) in [6, 6.07) is 1.34. The lowest BCUT2D eigenvalue weighted by Crippen LogP contribution is -2.52. The summed E-state index contributed by atoms with van der Waals surface area (Å²) in [6.07, 6.45) is 4.19. The van der Waals surface area contributed by atoms with E-state index in [9.17, 15) is 15.0 Å². The van der Waals surface area contributed by atoms with Crippen molar-refractivity contribution in [1.82, 2.24) is 15.6 Å². The normalized spacial score (nSPS) is 23.6. The lowest BCUT2D eigenvalue weighted by molar-refractivity contribution is 0.0170. The van der Waals surface area contributed by atoms with E-state index >= 15 is 0 Å². The second kappa shape index (κ2) is 5.32. The van der Waals surface area contributed by atoms with Crippen LogP contribution >= 0.6 is 0 Å². The smallest absolute Gasteiger partial charge is 0.253 e. The maximum atomic E-state index is 11.8. The van der Waals surface area contributed by atoms with Crippen molar-refractivity contribution in [1.29, 1.82) is 0 Å². The molecule has 1 atom stereocenters. The molecule has 1 aromatic rings. The molecule has 98 valence electrons. The number of aromatic hydroxyl groups is 1. The standard InChI is InChI=1S/C12H17N3O3/c16-10-4-9(5-14-6-10)11(17)15-8-12(18)2-1-3-13-7-12/h4-6,13,16,18H,1-3,7-8H2,(H,15,17)/t12-/m0/s1. The van der Waals surface area contributed by atoms with E-state index in [4.69, 9.17) is 0 Å². The fourth-order valence-electron chi connectivity index (χ4n) is 2.00. The first-order chi connectivity index (χ1) is 8.59. The zero-order valence-electron chi connectivity index (χ0n) is 10.0. The number of amides is 1. The van der Waals surface area contributed by atoms with Gasteiger partial charge in [-0.3, -0.25) is 9.78 Å². The van der Waals surface area contributed by atoms with Crippen LogP contribution in [0.2, 0.25) is 0 Å². The first-order valence-corrected chi connectivity index (χ1v) is 5.94. The van der Waals surface area contributed by atoms with Gasteiger partial charge in [0.05, 0.1) is 17.4 Å². The van der Waals surface area contributed by atoms with E-state index in [1.165, 1.54) is 18.5 Å². The summed E-state index contributed by atoms with van der Waals surface area (Å²) >= 11 is 0. The van der Waals surface area contributed by atoms with E-state index in [0.717, 1.165) is 13.0 Å². The van der Waals surface area contributed by atoms with Crippen LogP contribution in [0.15, 0.2) is 18.5 Å². The molecule has 0 aliphatic carbocycles. The summed E-state index contributed by atoms with van der Waals surface area (Å²) in [4.78, 5) is 15.5. The van der Waals surface area contributed by atoms with Crippen LogP contribution in [0.3, 0.4) is 0 Å². The van der Waals surface area contributed by atoms with E-state index in [1.54, 1.807) is 0 Å². The zero-order valence-corrected chi connectivity index (χ0v) is 10.0. The number of β-amino-alcohol motifs (C(OH)–C–C–N with tert-alkyl or cyclic N) is 1. The summed E-state index contributed by atoms with van der Waals surface area (Å²) in [6.45, 7) is 1.56. The Labute approximate surface area is 105 Å². The van der Waals surface area contributed by atoms with E-state index < -0.39 is 5.60 Å². The first kappa shape index (κ1) is 12.8. The third kappa shape index (κ3) is 3.18. The number of hydrogen-bond acceptors (Lipinski definition) is 5. The van der Waals surface area contributed by atoms with Crippen LogP contribution in [0, 0.1) is 0 Å². The Balaban J connectivity index is 1.92. The van der Waals surface area contributed by atoms with Gasteiger partial charge in [0, 0.05) is 19.3 Å². The number of hydrogen-bond donors (Lipinski definition) is 4. The maximum Gasteiger partial charge on any atom is 0.253 e. The van der Waals surface area contributed by atoms with E-state index in [1.807, 2.05) is 0 Å². The van der Waals surface area contributed by atoms with Crippen LogP contribution in [-0.2, 0) is 0 Å². The Bertz CT molecular complexity index is 430. The number of aliphatic hydroxyl groups is 1. The van der Waals surface area contributed by atoms with Crippen LogP contribution in [-0.4, -0.2) is 46.3 Å². The molecular weight excluding hydrogens is 234 g/mol. The highest BCUT2D eigenvalue weighted by atomic mass is 16.3. The number of piperidine rings is 1. The number of carbonyl (C=O) groups excluding carboxylic acids is 1. The average molecular weight is 251 g/mol. The molecule has 0 aromatic carbocycles. The molecule has 0 unspecified atom stereocenters. The third-order valence-electron chi connectivity index (χ3n) is 3.01. The second-order valence-electron chi connectivity index (χ2n) is 4.62. The molecule has 2 rings (SSSR count). The predicted molar refractivity (Wildman–Crippen MR) is 65.3 cm³/mol. The molecule has 1 amide bonds. The second-order valence-corrected chi connectivity index (χ2v) is 4.62. The van der Waals surface area contributed by atoms with Gasteiger partial charge in [0.25, 0.3) is 5.91 Å². The van der Waals surface area contributed by atoms with Gasteiger partial charge in [-0.1, -0.05) is 0 Å². The Morgan fingerprint density at radius 3 is 3.06 bits per heavy atom. The molecule has 18 heavy (non-hydrogen) atoms. The Kier molecular flexibility index (Phi) is 3.78. The third-order valence-corrected chi connectivity index (χ3v) is 3.01. The van der Waals surface area contributed by atoms with Crippen LogP contribution in [0.25, 0.3) is 0 Å². The number of rotatable bonds is 3. The van der Waals surface area contributed by atoms with Gasteiger partial charge >= 0.3 is 0 Å². The summed E-state index contributed by atoms with van der Waals surface area (Å²) in [5, 5.41) is 25.2. The predicted octanol–water partition coefficient (Wildman–Crippen LogP) is -0.369. The lowest BCUT2D eigenvalue weighted by Gasteiger charge is -2.32. The highest BCUT2D eigenvalue weighted by Crippen LogP contribution is 2.15. The molecule has 4 N–H and O–H groups in total. The number of aromatic nitrogens is 1. The fourth-order valence-corrected chi connectivity index (χ4v) is 2.00. The van der Waals surface area contributed by atoms with Crippen molar-refractivity contribution in [3.8, 4) is 5.75 Å². The highest BCUT2D eigenvalue weighted by molar-refractivity contribution is 5.94. The van der Waals surface area contributed by atoms with Crippen molar-refractivity contribution >= 4 is 5.91 Å². The van der Waals surface area contributed by atoms with Gasteiger partial charge in [-0.05, 0) is 25.5 Å². The van der Waals surface area contributed by atoms with Crippen molar-refractivity contribution < 1.29 is 15.0 Å². The Hall–Kier alpha value is -1.66. The maximum absolute atomic E-state index is 11.8. The van der Waals surface area contributed by atoms with Crippen molar-refractivity contribution in [2.45, 2.75) is 18.4 Å². The summed E-state index contributed by atoms with van der Waals surface area (Å²) in [7, 11) is 0. The Morgan fingerprint density at radius 1 is 1.56 bits per heavy atom. The van der Waals surface area contributed by atoms with Gasteiger partial charge in [0.1, 0.15) is 5.75 Å². The SMILES string of the molecule is O=C(NC[C@]1(O)CCCNC1)c1cncc(O)c1. The molecule has 6 heteroatoms. The molecule has 0 radical (unpaired) electrons. The minimum Gasteiger partial charge on any atom is -0.506 e. The topological polar surface area (TPSA) is 94.5 Å². The van der Waals surface area contributed by atoms with Crippen LogP contribution < -0.4 is 10.6 Å². The molecule has 1 aromatic heterocycles. The van der Waals surface area contributed by atoms with E-state index in [2.05, 4.69) is 15.6 Å². The van der Waals surface area contributed by atoms with Gasteiger partial charge in [0.2, 0.25) is 0 Å². The average Bonchev–Trinajstić information content (AvgIpc) is 2.37. The summed E-state index contributed by atoms with van der Waals surface area (Å²) < 4.78 is 0. The van der Waals surface area contributed by atoms with Crippen molar-refractivity contribution in [3.05, 3.63) is 24.0 Å². The quantitative estimate of drug-likeness (QED) is 0.588. The zero-order chi connectivity index (χ0) is 13.0. The van der Waals surface area contributed by atoms with Gasteiger partial charge in [0.15, 0.2) is 0 Å². The Morgan fingerprint density at radius 2 is 2.39 bits per heavy atom. The van der Waals surface area contributed by atoms with Gasteiger partial charge in [-0.2, -0.15) is 0 Å². The molecule has 1 aliphatic rings. The minimum absolute atomic E-state index is 0.0549. The van der Waals surface area contributed by atoms with Gasteiger partial charge in [-0.25, -0.2) is 0 Å². The van der Waals surface area contributed by atoms with Crippen molar-refractivity contribution in [3.63, 3.8) is 0 Å². The first-order valence-electron chi connectivity index (χ1n) is 5.94. The molecule has 6 nitrogen and oxygen atoms in total. The van der Waals surface area contributed by atoms with Gasteiger partial charge < -0.3 is 20.8 Å². The van der Waals surface area contributed by atoms with Crippen molar-refractivity contribution in [2.24, 2.45) is 0 Å². The van der Waals surface area contributed by atoms with Gasteiger partial charge in [-0.15, -0.1) is 0 Å². The largest absolute Gasteiger partial charge is 0.506 e. The lowest BCUT2D eigenvalue weighted by atomic mass is 9.94. The molecule has 1 aliphatic heterocycles. The molecule has 1 saturated heterocycles. The van der Waals surface area contributed by atoms with Crippen LogP contribution in [0.4, 0.5) is 0 Å². The fraction of sp³-hybridized carbons (Fsp3) is 0.500. The number of nitrogens with zero attached hydrogens (tertiary/aromatic N) is 1. The van der Waals surface area contributed by atoms with Crippen LogP contribution in [0.1, 0.15) is 23.2 Å². The molecule has 1 fully saturated rings. The van der Waals surface area contributed by atoms with Crippen molar-refractivity contribution in [2.75, 3.05) is 19.6 Å². The monoisotopic (exact) mass is 251 g/mol. The van der Waals surface area contributed by atoms with E-state index in [0.29, 0.717) is 13.0 Å². The minimum atomic E-state index is -0.891. The van der Waals surface area contributed by atoms with E-state index in [-0.39, 0.29) is 23.8 Å². The molecule has 2 heterocycles. The number of carbonyl (C=O) groups is 1. The molecule has 0 bridgehead atoms. The van der Waals surface area contributed by atoms with Crippen LogP contribution in [0.5, 0.6) is 5.75 Å².